The zero-order valence-corrected chi connectivity index (χ0v) is 9.99. The molecule has 15 heavy (non-hydrogen) atoms. The van der Waals surface area contributed by atoms with Crippen LogP contribution in [-0.2, 0) is 0 Å². The molecule has 0 N–H and O–H groups in total. The smallest absolute Gasteiger partial charge is 0.136 e. The minimum absolute atomic E-state index is 0.661. The van der Waals surface area contributed by atoms with E-state index < -0.39 is 0 Å². The van der Waals surface area contributed by atoms with Crippen molar-refractivity contribution >= 4 is 11.6 Å². The second kappa shape index (κ2) is 5.56. The van der Waals surface area contributed by atoms with Gasteiger partial charge in [-0.1, -0.05) is 25.4 Å². The molecule has 3 heteroatoms. The molecule has 0 saturated carbocycles. The zero-order chi connectivity index (χ0) is 11.3. The molecule has 0 aliphatic heterocycles. The summed E-state index contributed by atoms with van der Waals surface area (Å²) < 4.78 is 2.01. The first-order valence-electron chi connectivity index (χ1n) is 5.03. The van der Waals surface area contributed by atoms with Gasteiger partial charge in [-0.3, -0.25) is 0 Å². The Morgan fingerprint density at radius 3 is 2.40 bits per heavy atom. The molecule has 0 spiro atoms. The van der Waals surface area contributed by atoms with E-state index in [0.717, 1.165) is 11.5 Å². The number of hydrogen-bond donors (Lipinski definition) is 0. The highest BCUT2D eigenvalue weighted by Gasteiger charge is 1.98. The molecule has 0 aliphatic carbocycles. The highest BCUT2D eigenvalue weighted by molar-refractivity contribution is 6.30. The van der Waals surface area contributed by atoms with Crippen LogP contribution in [-0.4, -0.2) is 9.55 Å². The summed E-state index contributed by atoms with van der Waals surface area (Å²) >= 11 is 5.74. The molecule has 0 radical (unpaired) electrons. The number of rotatable bonds is 1. The van der Waals surface area contributed by atoms with Crippen molar-refractivity contribution in [3.05, 3.63) is 47.4 Å². The Hall–Kier alpha value is -1.28. The standard InChI is InChI=1S/C10H9ClN2.C2H6/c1-8-3-2-6-13(8)10-5-4-9(11)7-12-10;1-2/h2-7H,1H3;1-2H3. The van der Waals surface area contributed by atoms with Gasteiger partial charge in [-0.2, -0.15) is 0 Å². The van der Waals surface area contributed by atoms with Crippen molar-refractivity contribution in [3.63, 3.8) is 0 Å². The van der Waals surface area contributed by atoms with E-state index >= 15 is 0 Å². The van der Waals surface area contributed by atoms with Crippen LogP contribution in [0.5, 0.6) is 0 Å². The Morgan fingerprint density at radius 1 is 1.20 bits per heavy atom. The average molecular weight is 223 g/mol. The highest BCUT2D eigenvalue weighted by Crippen LogP contribution is 2.12. The van der Waals surface area contributed by atoms with Gasteiger partial charge in [-0.15, -0.1) is 0 Å². The first-order valence-corrected chi connectivity index (χ1v) is 5.41. The molecule has 0 aromatic carbocycles. The van der Waals surface area contributed by atoms with Gasteiger partial charge in [0.25, 0.3) is 0 Å². The molecule has 0 atom stereocenters. The van der Waals surface area contributed by atoms with E-state index in [1.54, 1.807) is 6.20 Å². The number of pyridine rings is 1. The molecule has 0 aliphatic rings. The monoisotopic (exact) mass is 222 g/mol. The van der Waals surface area contributed by atoms with Gasteiger partial charge >= 0.3 is 0 Å². The topological polar surface area (TPSA) is 17.8 Å². The van der Waals surface area contributed by atoms with E-state index in [4.69, 9.17) is 11.6 Å². The van der Waals surface area contributed by atoms with Gasteiger partial charge in [-0.05, 0) is 31.2 Å². The van der Waals surface area contributed by atoms with Gasteiger partial charge in [0.2, 0.25) is 0 Å². The highest BCUT2D eigenvalue weighted by atomic mass is 35.5. The van der Waals surface area contributed by atoms with Crippen molar-refractivity contribution in [2.75, 3.05) is 0 Å². The Kier molecular flexibility index (Phi) is 4.37. The quantitative estimate of drug-likeness (QED) is 0.717. The fourth-order valence-corrected chi connectivity index (χ4v) is 1.35. The van der Waals surface area contributed by atoms with E-state index in [0.29, 0.717) is 5.02 Å². The summed E-state index contributed by atoms with van der Waals surface area (Å²) in [6, 6.07) is 7.76. The van der Waals surface area contributed by atoms with Crippen LogP contribution in [0.3, 0.4) is 0 Å². The van der Waals surface area contributed by atoms with E-state index in [1.807, 2.05) is 55.8 Å². The Balaban J connectivity index is 0.000000531. The summed E-state index contributed by atoms with van der Waals surface area (Å²) in [5.41, 5.74) is 1.16. The Labute approximate surface area is 95.5 Å². The first-order chi connectivity index (χ1) is 7.27. The number of hydrogen-bond acceptors (Lipinski definition) is 1. The molecule has 2 rings (SSSR count). The third kappa shape index (κ3) is 2.83. The van der Waals surface area contributed by atoms with Gasteiger partial charge in [0.1, 0.15) is 5.82 Å². The molecule has 2 aromatic heterocycles. The van der Waals surface area contributed by atoms with Crippen LogP contribution in [0.15, 0.2) is 36.7 Å². The van der Waals surface area contributed by atoms with E-state index in [-0.39, 0.29) is 0 Å². The number of halogens is 1. The second-order valence-corrected chi connectivity index (χ2v) is 3.29. The molecule has 0 bridgehead atoms. The Bertz CT molecular complexity index is 404. The Morgan fingerprint density at radius 2 is 1.93 bits per heavy atom. The zero-order valence-electron chi connectivity index (χ0n) is 9.24. The van der Waals surface area contributed by atoms with Crippen LogP contribution in [0, 0.1) is 6.92 Å². The second-order valence-electron chi connectivity index (χ2n) is 2.85. The summed E-state index contributed by atoms with van der Waals surface area (Å²) in [6.45, 7) is 6.04. The lowest BCUT2D eigenvalue weighted by Gasteiger charge is -2.03. The molecule has 0 saturated heterocycles. The average Bonchev–Trinajstić information content (AvgIpc) is 2.69. The van der Waals surface area contributed by atoms with Crippen molar-refractivity contribution in [1.29, 1.82) is 0 Å². The maximum atomic E-state index is 5.74. The summed E-state index contributed by atoms with van der Waals surface area (Å²) in [7, 11) is 0. The van der Waals surface area contributed by atoms with Crippen LogP contribution in [0.25, 0.3) is 5.82 Å². The summed E-state index contributed by atoms with van der Waals surface area (Å²) in [5, 5.41) is 0.661. The summed E-state index contributed by atoms with van der Waals surface area (Å²) in [5.74, 6) is 0.895. The number of nitrogens with zero attached hydrogens (tertiary/aromatic N) is 2. The lowest BCUT2D eigenvalue weighted by molar-refractivity contribution is 0.962. The minimum atomic E-state index is 0.661. The fraction of sp³-hybridized carbons (Fsp3) is 0.250. The molecular formula is C12H15ClN2. The molecule has 2 aromatic rings. The predicted molar refractivity (Wildman–Crippen MR) is 64.7 cm³/mol. The van der Waals surface area contributed by atoms with Crippen LogP contribution in [0.1, 0.15) is 19.5 Å². The molecule has 0 unspecified atom stereocenters. The van der Waals surface area contributed by atoms with Gasteiger partial charge in [-0.25, -0.2) is 4.98 Å². The van der Waals surface area contributed by atoms with Gasteiger partial charge in [0.05, 0.1) is 5.02 Å². The summed E-state index contributed by atoms with van der Waals surface area (Å²) in [4.78, 5) is 4.21. The van der Waals surface area contributed by atoms with Crippen molar-refractivity contribution in [2.45, 2.75) is 20.8 Å². The van der Waals surface area contributed by atoms with Crippen LogP contribution in [0.4, 0.5) is 0 Å². The van der Waals surface area contributed by atoms with Crippen LogP contribution in [0.2, 0.25) is 5.02 Å². The molecule has 0 fully saturated rings. The normalized spacial score (nSPS) is 9.33. The molecule has 2 nitrogen and oxygen atoms in total. The maximum absolute atomic E-state index is 5.74. The van der Waals surface area contributed by atoms with E-state index in [9.17, 15) is 0 Å². The van der Waals surface area contributed by atoms with Gasteiger partial charge < -0.3 is 4.57 Å². The summed E-state index contributed by atoms with van der Waals surface area (Å²) in [6.07, 6.45) is 3.63. The van der Waals surface area contributed by atoms with Crippen molar-refractivity contribution in [2.24, 2.45) is 0 Å². The van der Waals surface area contributed by atoms with Crippen molar-refractivity contribution in [1.82, 2.24) is 9.55 Å². The van der Waals surface area contributed by atoms with Crippen LogP contribution >= 0.6 is 11.6 Å². The third-order valence-corrected chi connectivity index (χ3v) is 2.13. The van der Waals surface area contributed by atoms with E-state index in [1.165, 1.54) is 0 Å². The number of aromatic nitrogens is 2. The van der Waals surface area contributed by atoms with E-state index in [2.05, 4.69) is 4.98 Å². The molecule has 0 amide bonds. The maximum Gasteiger partial charge on any atom is 0.136 e. The molecule has 80 valence electrons. The largest absolute Gasteiger partial charge is 0.306 e. The molecule has 2 heterocycles. The first kappa shape index (κ1) is 11.8. The van der Waals surface area contributed by atoms with Crippen molar-refractivity contribution < 1.29 is 0 Å². The lowest BCUT2D eigenvalue weighted by Crippen LogP contribution is -1.96. The van der Waals surface area contributed by atoms with Gasteiger partial charge in [0, 0.05) is 18.1 Å². The predicted octanol–water partition coefficient (Wildman–Crippen LogP) is 3.86. The van der Waals surface area contributed by atoms with Crippen molar-refractivity contribution in [3.8, 4) is 5.82 Å². The van der Waals surface area contributed by atoms with Gasteiger partial charge in [0.15, 0.2) is 0 Å². The SMILES string of the molecule is CC.Cc1cccn1-c1ccc(Cl)cn1. The number of aryl methyl sites for hydroxylation is 1. The minimum Gasteiger partial charge on any atom is -0.306 e. The van der Waals surface area contributed by atoms with Crippen LogP contribution < -0.4 is 0 Å². The third-order valence-electron chi connectivity index (χ3n) is 1.91. The molecular weight excluding hydrogens is 208 g/mol. The lowest BCUT2D eigenvalue weighted by atomic mass is 10.4. The fourth-order valence-electron chi connectivity index (χ4n) is 1.23.